The van der Waals surface area contributed by atoms with Gasteiger partial charge in [0.25, 0.3) is 5.91 Å². The Labute approximate surface area is 234 Å². The highest BCUT2D eigenvalue weighted by atomic mass is 19.1. The van der Waals surface area contributed by atoms with E-state index in [4.69, 9.17) is 18.6 Å². The van der Waals surface area contributed by atoms with Gasteiger partial charge in [0.1, 0.15) is 29.6 Å². The fourth-order valence-electron chi connectivity index (χ4n) is 4.60. The Morgan fingerprint density at radius 3 is 2.42 bits per heavy atom. The van der Waals surface area contributed by atoms with Crippen molar-refractivity contribution in [2.45, 2.75) is 19.5 Å². The molecule has 9 nitrogen and oxygen atoms in total. The molecule has 0 spiro atoms. The summed E-state index contributed by atoms with van der Waals surface area (Å²) < 4.78 is 35.2. The zero-order valence-corrected chi connectivity index (χ0v) is 23.0. The maximum absolute atomic E-state index is 13.8. The number of nitrogens with zero attached hydrogens (tertiary/aromatic N) is 3. The molecule has 1 aliphatic rings. The molecule has 0 bridgehead atoms. The molecule has 1 aromatic heterocycles. The van der Waals surface area contributed by atoms with Gasteiger partial charge in [-0.15, -0.1) is 0 Å². The van der Waals surface area contributed by atoms with Crippen LogP contribution in [0.3, 0.4) is 0 Å². The van der Waals surface area contributed by atoms with Crippen LogP contribution in [0.25, 0.3) is 0 Å². The normalized spacial score (nSPS) is 13.6. The summed E-state index contributed by atoms with van der Waals surface area (Å²) >= 11 is 0. The molecule has 214 valence electrons. The molecule has 1 aliphatic heterocycles. The van der Waals surface area contributed by atoms with Gasteiger partial charge in [-0.1, -0.05) is 12.1 Å². The van der Waals surface area contributed by atoms with Gasteiger partial charge in [-0.3, -0.25) is 14.5 Å². The minimum Gasteiger partial charge on any atom is -0.497 e. The molecule has 2 aromatic carbocycles. The van der Waals surface area contributed by atoms with E-state index >= 15 is 0 Å². The molecule has 3 aromatic rings. The summed E-state index contributed by atoms with van der Waals surface area (Å²) in [6.07, 6.45) is 2.24. The lowest BCUT2D eigenvalue weighted by atomic mass is 10.1. The Hall–Kier alpha value is -3.89. The number of furan rings is 1. The van der Waals surface area contributed by atoms with E-state index in [1.54, 1.807) is 65.6 Å². The minimum absolute atomic E-state index is 0.140. The largest absolute Gasteiger partial charge is 0.497 e. The zero-order valence-electron chi connectivity index (χ0n) is 23.0. The third kappa shape index (κ3) is 8.06. The molecule has 0 saturated carbocycles. The van der Waals surface area contributed by atoms with E-state index in [1.165, 1.54) is 19.2 Å². The molecule has 1 saturated heterocycles. The second kappa shape index (κ2) is 14.5. The maximum Gasteiger partial charge on any atom is 0.258 e. The van der Waals surface area contributed by atoms with Crippen molar-refractivity contribution in [2.24, 2.45) is 0 Å². The Kier molecular flexibility index (Phi) is 10.5. The number of ether oxygens (including phenoxy) is 3. The van der Waals surface area contributed by atoms with E-state index in [2.05, 4.69) is 4.90 Å². The van der Waals surface area contributed by atoms with Crippen LogP contribution in [0.2, 0.25) is 0 Å². The maximum atomic E-state index is 13.8. The van der Waals surface area contributed by atoms with Crippen molar-refractivity contribution in [1.82, 2.24) is 14.7 Å². The quantitative estimate of drug-likeness (QED) is 0.318. The Bertz CT molecular complexity index is 1230. The summed E-state index contributed by atoms with van der Waals surface area (Å²) in [6.45, 7) is 4.53. The van der Waals surface area contributed by atoms with Crippen molar-refractivity contribution >= 4 is 11.8 Å². The number of morpholine rings is 1. The van der Waals surface area contributed by atoms with Gasteiger partial charge in [0.2, 0.25) is 5.91 Å². The Morgan fingerprint density at radius 2 is 1.75 bits per heavy atom. The number of amides is 2. The van der Waals surface area contributed by atoms with Crippen LogP contribution in [0.4, 0.5) is 4.39 Å². The number of rotatable bonds is 13. The van der Waals surface area contributed by atoms with Crippen molar-refractivity contribution in [3.8, 4) is 11.5 Å². The number of benzene rings is 2. The summed E-state index contributed by atoms with van der Waals surface area (Å²) in [5.41, 5.74) is 1.11. The zero-order chi connectivity index (χ0) is 28.3. The van der Waals surface area contributed by atoms with Crippen LogP contribution in [-0.2, 0) is 22.6 Å². The molecular weight excluding hydrogens is 517 g/mol. The summed E-state index contributed by atoms with van der Waals surface area (Å²) in [5, 5.41) is 0. The molecule has 2 heterocycles. The van der Waals surface area contributed by atoms with Crippen molar-refractivity contribution in [2.75, 3.05) is 60.2 Å². The molecule has 1 fully saturated rings. The highest BCUT2D eigenvalue weighted by Gasteiger charge is 2.26. The highest BCUT2D eigenvalue weighted by Crippen LogP contribution is 2.26. The topological polar surface area (TPSA) is 84.7 Å². The van der Waals surface area contributed by atoms with Gasteiger partial charge in [-0.05, 0) is 48.4 Å². The number of carbonyl (C=O) groups excluding carboxylic acids is 2. The van der Waals surface area contributed by atoms with Crippen molar-refractivity contribution < 1.29 is 32.6 Å². The molecule has 10 heteroatoms. The van der Waals surface area contributed by atoms with Gasteiger partial charge in [0.05, 0.1) is 45.8 Å². The smallest absolute Gasteiger partial charge is 0.258 e. The van der Waals surface area contributed by atoms with E-state index in [9.17, 15) is 14.0 Å². The van der Waals surface area contributed by atoms with Gasteiger partial charge >= 0.3 is 0 Å². The summed E-state index contributed by atoms with van der Waals surface area (Å²) in [7, 11) is 3.04. The lowest BCUT2D eigenvalue weighted by Crippen LogP contribution is -2.44. The second-order valence-corrected chi connectivity index (χ2v) is 9.56. The van der Waals surface area contributed by atoms with Gasteiger partial charge in [0, 0.05) is 38.8 Å². The van der Waals surface area contributed by atoms with Crippen LogP contribution in [0.5, 0.6) is 11.5 Å². The molecular formula is C30H36FN3O6. The van der Waals surface area contributed by atoms with E-state index in [0.29, 0.717) is 49.0 Å². The van der Waals surface area contributed by atoms with Crippen LogP contribution in [0.15, 0.2) is 65.3 Å². The standard InChI is InChI=1S/C30H36FN3O6/c1-37-25-10-11-27(28(19-25)38-2)30(36)33(13-4-12-32-14-17-39-18-15-32)22-29(35)34(21-26-5-3-16-40-26)20-23-6-8-24(31)9-7-23/h3,5-11,16,19H,4,12-15,17-18,20-22H2,1-2H3. The average Bonchev–Trinajstić information content (AvgIpc) is 3.50. The first-order valence-corrected chi connectivity index (χ1v) is 13.3. The van der Waals surface area contributed by atoms with E-state index in [1.807, 2.05) is 0 Å². The van der Waals surface area contributed by atoms with Crippen molar-refractivity contribution in [3.05, 3.63) is 83.6 Å². The predicted molar refractivity (Wildman–Crippen MR) is 147 cm³/mol. The fourth-order valence-corrected chi connectivity index (χ4v) is 4.60. The third-order valence-corrected chi connectivity index (χ3v) is 6.82. The lowest BCUT2D eigenvalue weighted by Gasteiger charge is -2.30. The molecule has 0 unspecified atom stereocenters. The average molecular weight is 554 g/mol. The SMILES string of the molecule is COc1ccc(C(=O)N(CCCN2CCOCC2)CC(=O)N(Cc2ccc(F)cc2)Cc2ccco2)c(OC)c1. The molecule has 40 heavy (non-hydrogen) atoms. The van der Waals surface area contributed by atoms with Gasteiger partial charge in [0.15, 0.2) is 0 Å². The second-order valence-electron chi connectivity index (χ2n) is 9.56. The highest BCUT2D eigenvalue weighted by molar-refractivity contribution is 5.99. The molecule has 2 amide bonds. The number of halogens is 1. The Balaban J connectivity index is 1.54. The first-order valence-electron chi connectivity index (χ1n) is 13.3. The van der Waals surface area contributed by atoms with Crippen LogP contribution >= 0.6 is 0 Å². The van der Waals surface area contributed by atoms with Crippen LogP contribution in [0.1, 0.15) is 28.1 Å². The van der Waals surface area contributed by atoms with E-state index in [-0.39, 0.29) is 37.3 Å². The summed E-state index contributed by atoms with van der Waals surface area (Å²) in [4.78, 5) is 33.0. The van der Waals surface area contributed by atoms with Crippen LogP contribution in [0, 0.1) is 5.82 Å². The number of methoxy groups -OCH3 is 2. The van der Waals surface area contributed by atoms with Crippen LogP contribution in [-0.4, -0.2) is 86.7 Å². The summed E-state index contributed by atoms with van der Waals surface area (Å²) in [6, 6.07) is 14.6. The first kappa shape index (κ1) is 29.1. The number of hydrogen-bond acceptors (Lipinski definition) is 7. The van der Waals surface area contributed by atoms with Gasteiger partial charge < -0.3 is 28.4 Å². The van der Waals surface area contributed by atoms with E-state index < -0.39 is 0 Å². The molecule has 0 N–H and O–H groups in total. The summed E-state index contributed by atoms with van der Waals surface area (Å²) in [5.74, 6) is 0.624. The Morgan fingerprint density at radius 1 is 0.975 bits per heavy atom. The monoisotopic (exact) mass is 553 g/mol. The number of hydrogen-bond donors (Lipinski definition) is 0. The number of carbonyl (C=O) groups is 2. The predicted octanol–water partition coefficient (Wildman–Crippen LogP) is 3.83. The van der Waals surface area contributed by atoms with Gasteiger partial charge in [-0.2, -0.15) is 0 Å². The first-order chi connectivity index (χ1) is 19.5. The third-order valence-electron chi connectivity index (χ3n) is 6.82. The van der Waals surface area contributed by atoms with E-state index in [0.717, 1.165) is 25.2 Å². The van der Waals surface area contributed by atoms with Crippen molar-refractivity contribution in [3.63, 3.8) is 0 Å². The molecule has 0 aliphatic carbocycles. The van der Waals surface area contributed by atoms with Crippen molar-refractivity contribution in [1.29, 1.82) is 0 Å². The van der Waals surface area contributed by atoms with Gasteiger partial charge in [-0.25, -0.2) is 4.39 Å². The minimum atomic E-state index is -0.349. The molecule has 4 rings (SSSR count). The van der Waals surface area contributed by atoms with Crippen LogP contribution < -0.4 is 9.47 Å². The molecule has 0 atom stereocenters. The molecule has 0 radical (unpaired) electrons. The fraction of sp³-hybridized carbons (Fsp3) is 0.400. The lowest BCUT2D eigenvalue weighted by molar-refractivity contribution is -0.133.